The van der Waals surface area contributed by atoms with Crippen molar-refractivity contribution in [3.8, 4) is 6.07 Å². The third-order valence-corrected chi connectivity index (χ3v) is 4.89. The molecule has 1 amide bonds. The highest BCUT2D eigenvalue weighted by molar-refractivity contribution is 7.91. The smallest absolute Gasteiger partial charge is 0.267 e. The quantitative estimate of drug-likeness (QED) is 0.784. The largest absolute Gasteiger partial charge is 0.324 e. The maximum absolute atomic E-state index is 12.0. The van der Waals surface area contributed by atoms with Crippen LogP contribution in [0.3, 0.4) is 0 Å². The zero-order chi connectivity index (χ0) is 17.6. The maximum atomic E-state index is 12.0. The summed E-state index contributed by atoms with van der Waals surface area (Å²) in [7, 11) is -4.08. The van der Waals surface area contributed by atoms with Crippen molar-refractivity contribution in [2.24, 2.45) is 0 Å². The highest BCUT2D eigenvalue weighted by Crippen LogP contribution is 2.14. The molecule has 0 bridgehead atoms. The molecule has 0 saturated heterocycles. The van der Waals surface area contributed by atoms with Crippen molar-refractivity contribution < 1.29 is 13.2 Å². The van der Waals surface area contributed by atoms with Crippen LogP contribution in [0, 0.1) is 11.3 Å². The topological polar surface area (TPSA) is 112 Å². The number of nitriles is 1. The lowest BCUT2D eigenvalue weighted by Crippen LogP contribution is -2.35. The summed E-state index contributed by atoms with van der Waals surface area (Å²) in [5, 5.41) is 11.1. The summed E-state index contributed by atoms with van der Waals surface area (Å²) in [4.78, 5) is 16.1. The number of unbranched alkanes of at least 4 members (excludes halogenated alkanes) is 1. The average molecular weight is 364 g/mol. The Hall–Kier alpha value is -2.44. The molecule has 0 saturated carbocycles. The second-order valence-corrected chi connectivity index (χ2v) is 7.31. The van der Waals surface area contributed by atoms with Crippen LogP contribution >= 0.6 is 11.3 Å². The molecule has 0 radical (unpaired) electrons. The number of aryl methyl sites for hydroxylation is 1. The molecule has 2 rings (SSSR count). The fourth-order valence-corrected chi connectivity index (χ4v) is 3.49. The number of carbonyl (C=O) groups excluding carboxylic acids is 1. The second kappa shape index (κ2) is 7.90. The van der Waals surface area contributed by atoms with Gasteiger partial charge >= 0.3 is 10.2 Å². The molecule has 126 valence electrons. The minimum absolute atomic E-state index is 0.0799. The summed E-state index contributed by atoms with van der Waals surface area (Å²) in [6.45, 7) is 2.06. The normalized spacial score (nSPS) is 10.8. The van der Waals surface area contributed by atoms with Crippen LogP contribution in [0.2, 0.25) is 0 Å². The predicted octanol–water partition coefficient (Wildman–Crippen LogP) is 2.44. The number of hydrogen-bond acceptors (Lipinski definition) is 6. The van der Waals surface area contributed by atoms with Crippen molar-refractivity contribution >= 4 is 33.1 Å². The van der Waals surface area contributed by atoms with E-state index >= 15 is 0 Å². The molecule has 1 aromatic heterocycles. The molecule has 1 aromatic carbocycles. The fourth-order valence-electron chi connectivity index (χ4n) is 1.83. The van der Waals surface area contributed by atoms with Gasteiger partial charge in [-0.25, -0.2) is 9.71 Å². The molecule has 24 heavy (non-hydrogen) atoms. The molecule has 0 spiro atoms. The van der Waals surface area contributed by atoms with E-state index in [1.54, 1.807) is 0 Å². The van der Waals surface area contributed by atoms with Gasteiger partial charge in [0.2, 0.25) is 0 Å². The van der Waals surface area contributed by atoms with Crippen molar-refractivity contribution in [1.29, 1.82) is 5.26 Å². The molecule has 0 atom stereocenters. The van der Waals surface area contributed by atoms with Crippen molar-refractivity contribution in [2.45, 2.75) is 26.2 Å². The van der Waals surface area contributed by atoms with E-state index in [2.05, 4.69) is 16.6 Å². The molecule has 0 aliphatic rings. The molecule has 7 nitrogen and oxygen atoms in total. The van der Waals surface area contributed by atoms with Crippen LogP contribution in [0.5, 0.6) is 0 Å². The van der Waals surface area contributed by atoms with Gasteiger partial charge in [0.15, 0.2) is 0 Å². The fraction of sp³-hybridized carbons (Fsp3) is 0.267. The van der Waals surface area contributed by atoms with Gasteiger partial charge in [0, 0.05) is 5.38 Å². The van der Waals surface area contributed by atoms with E-state index in [1.165, 1.54) is 41.0 Å². The Balaban J connectivity index is 2.01. The lowest BCUT2D eigenvalue weighted by Gasteiger charge is -2.08. The van der Waals surface area contributed by atoms with Crippen LogP contribution in [0.15, 0.2) is 29.6 Å². The first-order valence-corrected chi connectivity index (χ1v) is 9.59. The Morgan fingerprint density at radius 2 is 2.04 bits per heavy atom. The minimum Gasteiger partial charge on any atom is -0.267 e. The predicted molar refractivity (Wildman–Crippen MR) is 91.9 cm³/mol. The van der Waals surface area contributed by atoms with Crippen LogP contribution in [0.4, 0.5) is 5.69 Å². The highest BCUT2D eigenvalue weighted by atomic mass is 32.2. The van der Waals surface area contributed by atoms with Crippen LogP contribution in [-0.2, 0) is 16.6 Å². The summed E-state index contributed by atoms with van der Waals surface area (Å²) in [5.74, 6) is -0.782. The van der Waals surface area contributed by atoms with Gasteiger partial charge in [-0.05, 0) is 37.1 Å². The van der Waals surface area contributed by atoms with Gasteiger partial charge < -0.3 is 0 Å². The maximum Gasteiger partial charge on any atom is 0.324 e. The molecule has 9 heteroatoms. The van der Waals surface area contributed by atoms with Crippen LogP contribution in [0.25, 0.3) is 0 Å². The zero-order valence-corrected chi connectivity index (χ0v) is 14.6. The Morgan fingerprint density at radius 1 is 1.33 bits per heavy atom. The molecular formula is C15H16N4O3S2. The van der Waals surface area contributed by atoms with E-state index < -0.39 is 16.1 Å². The van der Waals surface area contributed by atoms with Gasteiger partial charge in [-0.2, -0.15) is 13.7 Å². The van der Waals surface area contributed by atoms with Crippen LogP contribution in [-0.4, -0.2) is 19.3 Å². The van der Waals surface area contributed by atoms with Crippen molar-refractivity contribution in [2.75, 3.05) is 4.72 Å². The third kappa shape index (κ3) is 5.04. The molecular weight excluding hydrogens is 348 g/mol. The molecule has 2 N–H and O–H groups in total. The summed E-state index contributed by atoms with van der Waals surface area (Å²) >= 11 is 1.33. The van der Waals surface area contributed by atoms with Gasteiger partial charge in [0.1, 0.15) is 5.69 Å². The Morgan fingerprint density at radius 3 is 2.67 bits per heavy atom. The van der Waals surface area contributed by atoms with Gasteiger partial charge in [-0.1, -0.05) is 13.3 Å². The number of hydrogen-bond donors (Lipinski definition) is 2. The van der Waals surface area contributed by atoms with E-state index in [1.807, 2.05) is 10.8 Å². The number of carbonyl (C=O) groups is 1. The van der Waals surface area contributed by atoms with Crippen molar-refractivity contribution in [3.05, 3.63) is 45.9 Å². The zero-order valence-electron chi connectivity index (χ0n) is 12.9. The van der Waals surface area contributed by atoms with E-state index in [0.717, 1.165) is 24.3 Å². The second-order valence-electron chi connectivity index (χ2n) is 4.96. The van der Waals surface area contributed by atoms with E-state index in [0.29, 0.717) is 5.56 Å². The molecule has 0 unspecified atom stereocenters. The monoisotopic (exact) mass is 364 g/mol. The van der Waals surface area contributed by atoms with E-state index in [9.17, 15) is 13.2 Å². The molecule has 2 aromatic rings. The minimum atomic E-state index is -4.08. The lowest BCUT2D eigenvalue weighted by atomic mass is 10.2. The third-order valence-electron chi connectivity index (χ3n) is 3.02. The first-order chi connectivity index (χ1) is 11.4. The summed E-state index contributed by atoms with van der Waals surface area (Å²) in [6.07, 6.45) is 2.75. The first-order valence-electron chi connectivity index (χ1n) is 7.23. The Kier molecular flexibility index (Phi) is 5.89. The molecule has 0 aliphatic carbocycles. The Labute approximate surface area is 144 Å². The summed E-state index contributed by atoms with van der Waals surface area (Å²) < 4.78 is 28.1. The first kappa shape index (κ1) is 17.9. The van der Waals surface area contributed by atoms with Crippen LogP contribution < -0.4 is 9.44 Å². The Bertz CT molecular complexity index is 852. The summed E-state index contributed by atoms with van der Waals surface area (Å²) in [5.41, 5.74) is 0.733. The molecule has 1 heterocycles. The van der Waals surface area contributed by atoms with Gasteiger partial charge in [0.05, 0.1) is 22.3 Å². The average Bonchev–Trinajstić information content (AvgIpc) is 3.02. The standard InChI is InChI=1S/C15H16N4O3S2/c1-2-3-4-14-17-13(10-23-14)15(20)19-24(21,22)18-12-7-5-11(9-16)6-8-12/h5-8,10,18H,2-4H2,1H3,(H,19,20). The van der Waals surface area contributed by atoms with Gasteiger partial charge in [-0.15, -0.1) is 11.3 Å². The van der Waals surface area contributed by atoms with Crippen molar-refractivity contribution in [3.63, 3.8) is 0 Å². The lowest BCUT2D eigenvalue weighted by molar-refractivity contribution is 0.0977. The molecule has 0 fully saturated rings. The van der Waals surface area contributed by atoms with E-state index in [4.69, 9.17) is 5.26 Å². The van der Waals surface area contributed by atoms with Crippen LogP contribution in [0.1, 0.15) is 40.8 Å². The number of nitrogens with zero attached hydrogens (tertiary/aromatic N) is 2. The number of nitrogens with one attached hydrogen (secondary N) is 2. The van der Waals surface area contributed by atoms with Gasteiger partial charge in [0.25, 0.3) is 5.91 Å². The number of anilines is 1. The molecule has 0 aliphatic heterocycles. The summed E-state index contributed by atoms with van der Waals surface area (Å²) in [6, 6.07) is 7.75. The number of amides is 1. The van der Waals surface area contributed by atoms with Gasteiger partial charge in [-0.3, -0.25) is 9.52 Å². The number of aromatic nitrogens is 1. The van der Waals surface area contributed by atoms with E-state index in [-0.39, 0.29) is 11.4 Å². The SMILES string of the molecule is CCCCc1nc(C(=O)NS(=O)(=O)Nc2ccc(C#N)cc2)cs1. The number of thiazole rings is 1. The highest BCUT2D eigenvalue weighted by Gasteiger charge is 2.18. The van der Waals surface area contributed by atoms with Crippen molar-refractivity contribution in [1.82, 2.24) is 9.71 Å². The number of benzene rings is 1. The number of rotatable bonds is 7.